The highest BCUT2D eigenvalue weighted by Gasteiger charge is 2.23. The molecule has 1 aromatic carbocycles. The Morgan fingerprint density at radius 2 is 2.23 bits per heavy atom. The number of non-ortho nitro benzene ring substituents is 1. The minimum absolute atomic E-state index is 0.0629. The molecule has 0 aliphatic rings. The SMILES string of the molecule is CCC(C(=O)OC)n1cnc2scc(-c3cccc([N+](=O)[O-])c3)c2c1=O. The van der Waals surface area contributed by atoms with Gasteiger partial charge in [-0.1, -0.05) is 19.1 Å². The quantitative estimate of drug-likeness (QED) is 0.386. The van der Waals surface area contributed by atoms with Crippen LogP contribution in [0, 0.1) is 10.1 Å². The molecule has 0 aliphatic carbocycles. The van der Waals surface area contributed by atoms with Gasteiger partial charge in [-0.2, -0.15) is 0 Å². The summed E-state index contributed by atoms with van der Waals surface area (Å²) in [7, 11) is 1.26. The van der Waals surface area contributed by atoms with Crippen molar-refractivity contribution >= 4 is 33.2 Å². The normalized spacial score (nSPS) is 12.1. The van der Waals surface area contributed by atoms with Crippen LogP contribution in [0.25, 0.3) is 21.3 Å². The molecule has 0 fully saturated rings. The number of carbonyl (C=O) groups excluding carboxylic acids is 1. The molecular weight excluding hydrogens is 358 g/mol. The number of rotatable bonds is 5. The summed E-state index contributed by atoms with van der Waals surface area (Å²) in [5.74, 6) is -0.525. The van der Waals surface area contributed by atoms with Crippen molar-refractivity contribution < 1.29 is 14.5 Å². The topological polar surface area (TPSA) is 104 Å². The maximum absolute atomic E-state index is 13.0. The van der Waals surface area contributed by atoms with Crippen LogP contribution in [-0.4, -0.2) is 27.6 Å². The molecule has 0 spiro atoms. The second kappa shape index (κ2) is 7.04. The lowest BCUT2D eigenvalue weighted by molar-refractivity contribution is -0.384. The van der Waals surface area contributed by atoms with E-state index >= 15 is 0 Å². The van der Waals surface area contributed by atoms with Gasteiger partial charge in [-0.15, -0.1) is 11.3 Å². The molecule has 134 valence electrons. The molecule has 1 unspecified atom stereocenters. The second-order valence-electron chi connectivity index (χ2n) is 5.54. The van der Waals surface area contributed by atoms with Gasteiger partial charge in [-0.25, -0.2) is 9.78 Å². The van der Waals surface area contributed by atoms with E-state index in [2.05, 4.69) is 4.98 Å². The molecule has 0 saturated heterocycles. The van der Waals surface area contributed by atoms with Gasteiger partial charge in [0.05, 0.1) is 23.7 Å². The van der Waals surface area contributed by atoms with Gasteiger partial charge < -0.3 is 4.74 Å². The number of methoxy groups -OCH3 is 1. The molecule has 0 saturated carbocycles. The first kappa shape index (κ1) is 17.7. The fourth-order valence-corrected chi connectivity index (χ4v) is 3.69. The largest absolute Gasteiger partial charge is 0.467 e. The summed E-state index contributed by atoms with van der Waals surface area (Å²) in [6.07, 6.45) is 1.71. The third kappa shape index (κ3) is 2.97. The summed E-state index contributed by atoms with van der Waals surface area (Å²) < 4.78 is 6.02. The van der Waals surface area contributed by atoms with Gasteiger partial charge in [0.2, 0.25) is 0 Å². The Hall–Kier alpha value is -3.07. The van der Waals surface area contributed by atoms with E-state index in [1.807, 2.05) is 0 Å². The number of benzene rings is 1. The molecule has 0 radical (unpaired) electrons. The Kier molecular flexibility index (Phi) is 4.81. The molecule has 0 amide bonds. The smallest absolute Gasteiger partial charge is 0.329 e. The number of thiophene rings is 1. The molecule has 2 aromatic heterocycles. The Bertz CT molecular complexity index is 1060. The van der Waals surface area contributed by atoms with Crippen LogP contribution in [0.3, 0.4) is 0 Å². The summed E-state index contributed by atoms with van der Waals surface area (Å²) in [5.41, 5.74) is 0.663. The average molecular weight is 373 g/mol. The van der Waals surface area contributed by atoms with E-state index in [4.69, 9.17) is 4.74 Å². The number of nitro groups is 1. The van der Waals surface area contributed by atoms with Crippen molar-refractivity contribution in [1.82, 2.24) is 9.55 Å². The lowest BCUT2D eigenvalue weighted by atomic mass is 10.1. The highest BCUT2D eigenvalue weighted by atomic mass is 32.1. The van der Waals surface area contributed by atoms with Crippen molar-refractivity contribution in [3.8, 4) is 11.1 Å². The molecule has 0 aliphatic heterocycles. The van der Waals surface area contributed by atoms with E-state index < -0.39 is 16.9 Å². The van der Waals surface area contributed by atoms with E-state index in [9.17, 15) is 19.7 Å². The number of hydrogen-bond acceptors (Lipinski definition) is 7. The minimum atomic E-state index is -0.776. The molecule has 9 heteroatoms. The molecule has 2 heterocycles. The Morgan fingerprint density at radius 3 is 2.88 bits per heavy atom. The van der Waals surface area contributed by atoms with Crippen LogP contribution >= 0.6 is 11.3 Å². The number of ether oxygens (including phenoxy) is 1. The highest BCUT2D eigenvalue weighted by Crippen LogP contribution is 2.32. The van der Waals surface area contributed by atoms with Gasteiger partial charge in [0, 0.05) is 23.1 Å². The number of carbonyl (C=O) groups is 1. The van der Waals surface area contributed by atoms with Gasteiger partial charge in [-0.05, 0) is 12.0 Å². The lowest BCUT2D eigenvalue weighted by Gasteiger charge is -2.15. The zero-order valence-corrected chi connectivity index (χ0v) is 14.9. The van der Waals surface area contributed by atoms with Crippen molar-refractivity contribution in [3.63, 3.8) is 0 Å². The molecule has 3 rings (SSSR count). The summed E-state index contributed by atoms with van der Waals surface area (Å²) in [6, 6.07) is 5.29. The van der Waals surface area contributed by atoms with E-state index in [1.54, 1.807) is 24.4 Å². The summed E-state index contributed by atoms with van der Waals surface area (Å²) >= 11 is 1.27. The van der Waals surface area contributed by atoms with Crippen LogP contribution in [-0.2, 0) is 9.53 Å². The number of nitro benzene ring substituents is 1. The van der Waals surface area contributed by atoms with Gasteiger partial charge in [0.25, 0.3) is 11.2 Å². The predicted octanol–water partition coefficient (Wildman–Crippen LogP) is 3.16. The molecule has 26 heavy (non-hydrogen) atoms. The van der Waals surface area contributed by atoms with E-state index in [0.29, 0.717) is 27.8 Å². The van der Waals surface area contributed by atoms with E-state index in [1.165, 1.54) is 41.5 Å². The first-order valence-corrected chi connectivity index (χ1v) is 8.66. The van der Waals surface area contributed by atoms with Crippen LogP contribution in [0.5, 0.6) is 0 Å². The molecule has 3 aromatic rings. The van der Waals surface area contributed by atoms with E-state index in [-0.39, 0.29) is 11.2 Å². The van der Waals surface area contributed by atoms with Crippen LogP contribution in [0.2, 0.25) is 0 Å². The number of esters is 1. The van der Waals surface area contributed by atoms with Gasteiger partial charge in [0.1, 0.15) is 10.9 Å². The van der Waals surface area contributed by atoms with Crippen molar-refractivity contribution in [1.29, 1.82) is 0 Å². The summed E-state index contributed by atoms with van der Waals surface area (Å²) in [4.78, 5) is 40.3. The Morgan fingerprint density at radius 1 is 1.46 bits per heavy atom. The van der Waals surface area contributed by atoms with Crippen molar-refractivity contribution in [2.75, 3.05) is 7.11 Å². The fourth-order valence-electron chi connectivity index (χ4n) is 2.78. The van der Waals surface area contributed by atoms with E-state index in [0.717, 1.165) is 0 Å². The van der Waals surface area contributed by atoms with Gasteiger partial charge >= 0.3 is 5.97 Å². The maximum atomic E-state index is 13.0. The monoisotopic (exact) mass is 373 g/mol. The van der Waals surface area contributed by atoms with Crippen LogP contribution in [0.4, 0.5) is 5.69 Å². The van der Waals surface area contributed by atoms with Crippen LogP contribution < -0.4 is 5.56 Å². The minimum Gasteiger partial charge on any atom is -0.467 e. The second-order valence-corrected chi connectivity index (χ2v) is 6.40. The fraction of sp³-hybridized carbons (Fsp3) is 0.235. The standard InChI is InChI=1S/C17H15N3O5S/c1-3-13(17(22)25-2)19-9-18-15-14(16(19)21)12(8-26-15)10-5-4-6-11(7-10)20(23)24/h4-9,13H,3H2,1-2H3. The maximum Gasteiger partial charge on any atom is 0.329 e. The molecular formula is C17H15N3O5S. The Balaban J connectivity index is 2.22. The first-order valence-electron chi connectivity index (χ1n) is 7.79. The number of fused-ring (bicyclic) bond motifs is 1. The molecule has 1 atom stereocenters. The van der Waals surface area contributed by atoms with Crippen LogP contribution in [0.15, 0.2) is 40.8 Å². The summed E-state index contributed by atoms with van der Waals surface area (Å²) in [5, 5.41) is 13.1. The van der Waals surface area contributed by atoms with Crippen molar-refractivity contribution in [3.05, 3.63) is 56.4 Å². The summed E-state index contributed by atoms with van der Waals surface area (Å²) in [6.45, 7) is 1.77. The zero-order chi connectivity index (χ0) is 18.8. The third-order valence-electron chi connectivity index (χ3n) is 4.08. The number of hydrogen-bond donors (Lipinski definition) is 0. The average Bonchev–Trinajstić information content (AvgIpc) is 3.09. The third-order valence-corrected chi connectivity index (χ3v) is 4.97. The number of nitrogens with zero attached hydrogens (tertiary/aromatic N) is 3. The first-order chi connectivity index (χ1) is 12.5. The zero-order valence-electron chi connectivity index (χ0n) is 14.0. The molecule has 0 bridgehead atoms. The van der Waals surface area contributed by atoms with Crippen molar-refractivity contribution in [2.24, 2.45) is 0 Å². The van der Waals surface area contributed by atoms with Gasteiger partial charge in [0.15, 0.2) is 0 Å². The Labute approximate surface area is 151 Å². The molecule has 0 N–H and O–H groups in total. The predicted molar refractivity (Wildman–Crippen MR) is 97.3 cm³/mol. The lowest BCUT2D eigenvalue weighted by Crippen LogP contribution is -2.30. The number of aromatic nitrogens is 2. The van der Waals surface area contributed by atoms with Crippen molar-refractivity contribution in [2.45, 2.75) is 19.4 Å². The highest BCUT2D eigenvalue weighted by molar-refractivity contribution is 7.17. The van der Waals surface area contributed by atoms with Crippen LogP contribution in [0.1, 0.15) is 19.4 Å². The van der Waals surface area contributed by atoms with Gasteiger partial charge in [-0.3, -0.25) is 19.5 Å². The molecule has 8 nitrogen and oxygen atoms in total.